The Morgan fingerprint density at radius 3 is 2.33 bits per heavy atom. The highest BCUT2D eigenvalue weighted by Gasteiger charge is 2.31. The van der Waals surface area contributed by atoms with Crippen LogP contribution in [0.5, 0.6) is 0 Å². The van der Waals surface area contributed by atoms with Crippen molar-refractivity contribution >= 4 is 27.8 Å². The molecule has 1 aliphatic heterocycles. The lowest BCUT2D eigenvalue weighted by molar-refractivity contribution is -0.151. The Labute approximate surface area is 117 Å². The number of nitrogens with zero attached hydrogens (tertiary/aromatic N) is 1. The van der Waals surface area contributed by atoms with Crippen molar-refractivity contribution in [1.29, 1.82) is 0 Å². The summed E-state index contributed by atoms with van der Waals surface area (Å²) in [6, 6.07) is 0. The molecule has 1 aliphatic rings. The van der Waals surface area contributed by atoms with E-state index in [4.69, 9.17) is 4.74 Å². The summed E-state index contributed by atoms with van der Waals surface area (Å²) >= 11 is 3.43. The van der Waals surface area contributed by atoms with Crippen LogP contribution in [0.1, 0.15) is 33.6 Å². The van der Waals surface area contributed by atoms with E-state index in [1.165, 1.54) is 0 Å². The van der Waals surface area contributed by atoms with E-state index in [0.717, 1.165) is 0 Å². The molecular weight excluding hydrogens is 298 g/mol. The van der Waals surface area contributed by atoms with Gasteiger partial charge in [-0.15, -0.1) is 0 Å². The molecule has 1 heterocycles. The molecule has 1 fully saturated rings. The van der Waals surface area contributed by atoms with E-state index in [0.29, 0.717) is 32.5 Å². The molecule has 0 aromatic carbocycles. The van der Waals surface area contributed by atoms with Gasteiger partial charge in [0.1, 0.15) is 0 Å². The minimum Gasteiger partial charge on any atom is -0.466 e. The molecule has 1 atom stereocenters. The molecule has 1 amide bonds. The van der Waals surface area contributed by atoms with Crippen LogP contribution in [0.2, 0.25) is 0 Å². The Hall–Kier alpha value is -0.580. The van der Waals surface area contributed by atoms with Gasteiger partial charge in [0.25, 0.3) is 0 Å². The van der Waals surface area contributed by atoms with Crippen LogP contribution in [0.25, 0.3) is 0 Å². The number of ether oxygens (including phenoxy) is 1. The van der Waals surface area contributed by atoms with Gasteiger partial charge < -0.3 is 9.64 Å². The predicted octanol–water partition coefficient (Wildman–Crippen LogP) is 2.21. The standard InChI is InChI=1S/C13H22BrNO3/c1-4-18-13(17)10-5-7-15(8-6-10)12(16)11(14)9(2)3/h9-11H,4-8H2,1-3H3. The third kappa shape index (κ3) is 3.97. The van der Waals surface area contributed by atoms with E-state index in [9.17, 15) is 9.59 Å². The number of amides is 1. The molecule has 104 valence electrons. The van der Waals surface area contributed by atoms with Crippen LogP contribution < -0.4 is 0 Å². The van der Waals surface area contributed by atoms with Crippen molar-refractivity contribution in [2.24, 2.45) is 11.8 Å². The number of carbonyl (C=O) groups excluding carboxylic acids is 2. The van der Waals surface area contributed by atoms with Crippen molar-refractivity contribution in [3.63, 3.8) is 0 Å². The largest absolute Gasteiger partial charge is 0.466 e. The van der Waals surface area contributed by atoms with Crippen LogP contribution in [0.15, 0.2) is 0 Å². The molecule has 0 N–H and O–H groups in total. The maximum absolute atomic E-state index is 12.1. The van der Waals surface area contributed by atoms with Gasteiger partial charge in [-0.2, -0.15) is 0 Å². The summed E-state index contributed by atoms with van der Waals surface area (Å²) in [5.41, 5.74) is 0. The summed E-state index contributed by atoms with van der Waals surface area (Å²) in [5, 5.41) is 0. The van der Waals surface area contributed by atoms with Crippen molar-refractivity contribution < 1.29 is 14.3 Å². The van der Waals surface area contributed by atoms with Crippen molar-refractivity contribution in [3.8, 4) is 0 Å². The second-order valence-electron chi connectivity index (χ2n) is 5.00. The second-order valence-corrected chi connectivity index (χ2v) is 5.98. The van der Waals surface area contributed by atoms with Gasteiger partial charge in [-0.1, -0.05) is 29.8 Å². The first-order valence-corrected chi connectivity index (χ1v) is 7.48. The molecule has 0 aliphatic carbocycles. The van der Waals surface area contributed by atoms with Gasteiger partial charge >= 0.3 is 5.97 Å². The Bertz CT molecular complexity index is 299. The number of hydrogen-bond acceptors (Lipinski definition) is 3. The molecular formula is C13H22BrNO3. The van der Waals surface area contributed by atoms with Gasteiger partial charge in [-0.05, 0) is 25.7 Å². The maximum atomic E-state index is 12.1. The third-order valence-corrected chi connectivity index (χ3v) is 4.70. The summed E-state index contributed by atoms with van der Waals surface area (Å²) < 4.78 is 5.01. The number of rotatable bonds is 4. The fourth-order valence-corrected chi connectivity index (χ4v) is 2.34. The van der Waals surface area contributed by atoms with E-state index >= 15 is 0 Å². The Kier molecular flexibility index (Phi) is 6.12. The average Bonchev–Trinajstić information content (AvgIpc) is 2.37. The lowest BCUT2D eigenvalue weighted by Crippen LogP contribution is -2.44. The molecule has 0 saturated carbocycles. The van der Waals surface area contributed by atoms with Crippen molar-refractivity contribution in [3.05, 3.63) is 0 Å². The summed E-state index contributed by atoms with van der Waals surface area (Å²) in [6.45, 7) is 7.57. The Morgan fingerprint density at radius 2 is 1.89 bits per heavy atom. The number of likely N-dealkylation sites (tertiary alicyclic amines) is 1. The van der Waals surface area contributed by atoms with Crippen LogP contribution in [0.3, 0.4) is 0 Å². The lowest BCUT2D eigenvalue weighted by Gasteiger charge is -2.32. The molecule has 0 aromatic rings. The molecule has 0 spiro atoms. The molecule has 0 aromatic heterocycles. The zero-order chi connectivity index (χ0) is 13.7. The molecule has 1 unspecified atom stereocenters. The van der Waals surface area contributed by atoms with E-state index in [-0.39, 0.29) is 28.5 Å². The van der Waals surface area contributed by atoms with Crippen molar-refractivity contribution in [1.82, 2.24) is 4.90 Å². The number of alkyl halides is 1. The van der Waals surface area contributed by atoms with Gasteiger partial charge in [0, 0.05) is 13.1 Å². The van der Waals surface area contributed by atoms with Crippen LogP contribution in [0.4, 0.5) is 0 Å². The quantitative estimate of drug-likeness (QED) is 0.589. The molecule has 18 heavy (non-hydrogen) atoms. The SMILES string of the molecule is CCOC(=O)C1CCN(C(=O)C(Br)C(C)C)CC1. The second kappa shape index (κ2) is 7.12. The predicted molar refractivity (Wildman–Crippen MR) is 73.5 cm³/mol. The van der Waals surface area contributed by atoms with E-state index in [1.54, 1.807) is 0 Å². The first-order chi connectivity index (χ1) is 8.47. The first-order valence-electron chi connectivity index (χ1n) is 6.56. The maximum Gasteiger partial charge on any atom is 0.309 e. The minimum absolute atomic E-state index is 0.0400. The van der Waals surface area contributed by atoms with Crippen LogP contribution >= 0.6 is 15.9 Å². The van der Waals surface area contributed by atoms with Gasteiger partial charge in [-0.3, -0.25) is 9.59 Å². The van der Waals surface area contributed by atoms with Gasteiger partial charge in [0.15, 0.2) is 0 Å². The zero-order valence-corrected chi connectivity index (χ0v) is 12.9. The number of carbonyl (C=O) groups is 2. The highest BCUT2D eigenvalue weighted by atomic mass is 79.9. The molecule has 1 rings (SSSR count). The van der Waals surface area contributed by atoms with Crippen LogP contribution in [-0.2, 0) is 14.3 Å². The fraction of sp³-hybridized carbons (Fsp3) is 0.846. The lowest BCUT2D eigenvalue weighted by atomic mass is 9.96. The molecule has 4 nitrogen and oxygen atoms in total. The zero-order valence-electron chi connectivity index (χ0n) is 11.3. The van der Waals surface area contributed by atoms with Crippen molar-refractivity contribution in [2.75, 3.05) is 19.7 Å². The normalized spacial score (nSPS) is 18.8. The van der Waals surface area contributed by atoms with E-state index in [2.05, 4.69) is 15.9 Å². The molecule has 1 saturated heterocycles. The van der Waals surface area contributed by atoms with Crippen LogP contribution in [-0.4, -0.2) is 41.3 Å². The smallest absolute Gasteiger partial charge is 0.309 e. The number of hydrogen-bond donors (Lipinski definition) is 0. The average molecular weight is 320 g/mol. The first kappa shape index (κ1) is 15.5. The molecule has 0 bridgehead atoms. The summed E-state index contributed by atoms with van der Waals surface area (Å²) in [5.74, 6) is 0.248. The summed E-state index contributed by atoms with van der Waals surface area (Å²) in [4.78, 5) is 25.4. The monoisotopic (exact) mass is 319 g/mol. The van der Waals surface area contributed by atoms with Gasteiger partial charge in [-0.25, -0.2) is 0 Å². The minimum atomic E-state index is -0.128. The van der Waals surface area contributed by atoms with E-state index in [1.807, 2.05) is 25.7 Å². The highest BCUT2D eigenvalue weighted by Crippen LogP contribution is 2.22. The molecule has 0 radical (unpaired) electrons. The molecule has 5 heteroatoms. The topological polar surface area (TPSA) is 46.6 Å². The number of esters is 1. The summed E-state index contributed by atoms with van der Waals surface area (Å²) in [7, 11) is 0. The highest BCUT2D eigenvalue weighted by molar-refractivity contribution is 9.10. The van der Waals surface area contributed by atoms with Crippen molar-refractivity contribution in [2.45, 2.75) is 38.4 Å². The Balaban J connectivity index is 2.44. The fourth-order valence-electron chi connectivity index (χ4n) is 2.06. The number of piperidine rings is 1. The van der Waals surface area contributed by atoms with Crippen LogP contribution in [0, 0.1) is 11.8 Å². The number of halogens is 1. The van der Waals surface area contributed by atoms with Gasteiger partial charge in [0.05, 0.1) is 17.4 Å². The van der Waals surface area contributed by atoms with Gasteiger partial charge in [0.2, 0.25) is 5.91 Å². The Morgan fingerprint density at radius 1 is 1.33 bits per heavy atom. The third-order valence-electron chi connectivity index (χ3n) is 3.25. The summed E-state index contributed by atoms with van der Waals surface area (Å²) in [6.07, 6.45) is 1.42. The van der Waals surface area contributed by atoms with E-state index < -0.39 is 0 Å².